The Balaban J connectivity index is 0.00000169. The number of hydrogen-bond donors (Lipinski definition) is 2. The first kappa shape index (κ1) is 13.5. The van der Waals surface area contributed by atoms with E-state index < -0.39 is 12.0 Å². The standard InChI is InChI=1S/C8H7Cl2NO2.ClH/c9-4-1-2-6(10)5(3-4)7(11)8(12)13;/h1-3,7H,11H2,(H,12,13);1H/t7-;/m1./s1. The molecule has 0 amide bonds. The van der Waals surface area contributed by atoms with Gasteiger partial charge in [0.05, 0.1) is 0 Å². The highest BCUT2D eigenvalue weighted by Crippen LogP contribution is 2.25. The fourth-order valence-electron chi connectivity index (χ4n) is 0.886. The van der Waals surface area contributed by atoms with Crippen molar-refractivity contribution in [3.8, 4) is 0 Å². The Hall–Kier alpha value is -0.480. The molecular formula is C8H8Cl3NO2. The lowest BCUT2D eigenvalue weighted by atomic mass is 10.1. The Bertz CT molecular complexity index is 343. The third-order valence-corrected chi connectivity index (χ3v) is 2.14. The summed E-state index contributed by atoms with van der Waals surface area (Å²) in [5.74, 6) is -1.14. The molecule has 0 aliphatic heterocycles. The molecule has 1 rings (SSSR count). The molecule has 6 heteroatoms. The normalized spacial score (nSPS) is 11.6. The summed E-state index contributed by atoms with van der Waals surface area (Å²) in [7, 11) is 0. The van der Waals surface area contributed by atoms with E-state index in [9.17, 15) is 4.79 Å². The Morgan fingerprint density at radius 1 is 1.43 bits per heavy atom. The zero-order valence-corrected chi connectivity index (χ0v) is 9.23. The zero-order chi connectivity index (χ0) is 10.0. The van der Waals surface area contributed by atoms with Crippen molar-refractivity contribution in [3.05, 3.63) is 33.8 Å². The average molecular weight is 257 g/mol. The first-order chi connectivity index (χ1) is 6.02. The Labute approximate surface area is 97.2 Å². The molecule has 0 bridgehead atoms. The van der Waals surface area contributed by atoms with Crippen LogP contribution in [-0.4, -0.2) is 11.1 Å². The molecule has 1 aromatic carbocycles. The van der Waals surface area contributed by atoms with Gasteiger partial charge in [0, 0.05) is 15.6 Å². The predicted molar refractivity (Wildman–Crippen MR) is 58.3 cm³/mol. The van der Waals surface area contributed by atoms with E-state index in [-0.39, 0.29) is 12.4 Å². The lowest BCUT2D eigenvalue weighted by Crippen LogP contribution is -2.20. The molecule has 0 aliphatic carbocycles. The number of aliphatic carboxylic acids is 1. The van der Waals surface area contributed by atoms with Crippen LogP contribution < -0.4 is 5.73 Å². The first-order valence-corrected chi connectivity index (χ1v) is 4.21. The monoisotopic (exact) mass is 255 g/mol. The number of benzene rings is 1. The number of carbonyl (C=O) groups is 1. The molecule has 0 aliphatic rings. The maximum atomic E-state index is 10.5. The minimum atomic E-state index is -1.14. The van der Waals surface area contributed by atoms with Gasteiger partial charge in [0.15, 0.2) is 0 Å². The summed E-state index contributed by atoms with van der Waals surface area (Å²) >= 11 is 11.4. The first-order valence-electron chi connectivity index (χ1n) is 3.45. The number of rotatable bonds is 2. The third kappa shape index (κ3) is 3.03. The van der Waals surface area contributed by atoms with Crippen LogP contribution in [0.3, 0.4) is 0 Å². The van der Waals surface area contributed by atoms with Gasteiger partial charge in [-0.25, -0.2) is 0 Å². The molecule has 0 aromatic heterocycles. The van der Waals surface area contributed by atoms with E-state index in [2.05, 4.69) is 0 Å². The highest BCUT2D eigenvalue weighted by molar-refractivity contribution is 6.33. The molecule has 3 nitrogen and oxygen atoms in total. The Morgan fingerprint density at radius 3 is 2.50 bits per heavy atom. The topological polar surface area (TPSA) is 63.3 Å². The lowest BCUT2D eigenvalue weighted by Gasteiger charge is -2.08. The van der Waals surface area contributed by atoms with Crippen LogP contribution in [0.25, 0.3) is 0 Å². The van der Waals surface area contributed by atoms with Crippen LogP contribution in [0.1, 0.15) is 11.6 Å². The van der Waals surface area contributed by atoms with Gasteiger partial charge in [-0.2, -0.15) is 0 Å². The van der Waals surface area contributed by atoms with Crippen LogP contribution in [0.15, 0.2) is 18.2 Å². The predicted octanol–water partition coefficient (Wildman–Crippen LogP) is 2.50. The van der Waals surface area contributed by atoms with Crippen LogP contribution in [-0.2, 0) is 4.79 Å². The maximum absolute atomic E-state index is 10.5. The summed E-state index contributed by atoms with van der Waals surface area (Å²) in [6, 6.07) is 3.40. The number of hydrogen-bond acceptors (Lipinski definition) is 2. The zero-order valence-electron chi connectivity index (χ0n) is 6.91. The van der Waals surface area contributed by atoms with Crippen molar-refractivity contribution in [1.29, 1.82) is 0 Å². The van der Waals surface area contributed by atoms with Gasteiger partial charge in [-0.1, -0.05) is 23.2 Å². The molecule has 1 atom stereocenters. The highest BCUT2D eigenvalue weighted by atomic mass is 35.5. The largest absolute Gasteiger partial charge is 0.480 e. The quantitative estimate of drug-likeness (QED) is 0.854. The summed E-state index contributed by atoms with van der Waals surface area (Å²) in [5, 5.41) is 9.34. The molecule has 0 radical (unpaired) electrons. The summed E-state index contributed by atoms with van der Waals surface area (Å²) in [6.45, 7) is 0. The van der Waals surface area contributed by atoms with E-state index in [1.807, 2.05) is 0 Å². The smallest absolute Gasteiger partial charge is 0.325 e. The van der Waals surface area contributed by atoms with Gasteiger partial charge in [-0.15, -0.1) is 12.4 Å². The van der Waals surface area contributed by atoms with E-state index in [4.69, 9.17) is 34.0 Å². The van der Waals surface area contributed by atoms with Crippen molar-refractivity contribution in [2.24, 2.45) is 5.73 Å². The number of nitrogens with two attached hydrogens (primary N) is 1. The fourth-order valence-corrected chi connectivity index (χ4v) is 1.30. The Morgan fingerprint density at radius 2 is 2.00 bits per heavy atom. The third-order valence-electron chi connectivity index (χ3n) is 1.56. The molecule has 3 N–H and O–H groups in total. The van der Waals surface area contributed by atoms with Crippen LogP contribution in [0.5, 0.6) is 0 Å². The number of carboxylic acid groups (broad SMARTS) is 1. The molecule has 78 valence electrons. The minimum Gasteiger partial charge on any atom is -0.480 e. The summed E-state index contributed by atoms with van der Waals surface area (Å²) < 4.78 is 0. The molecule has 0 spiro atoms. The van der Waals surface area contributed by atoms with Gasteiger partial charge in [-0.05, 0) is 18.2 Å². The second-order valence-corrected chi connectivity index (χ2v) is 3.33. The summed E-state index contributed by atoms with van der Waals surface area (Å²) in [4.78, 5) is 10.5. The Kier molecular flexibility index (Phi) is 5.23. The number of carboxylic acids is 1. The molecule has 0 saturated carbocycles. The van der Waals surface area contributed by atoms with Crippen molar-refractivity contribution in [1.82, 2.24) is 0 Å². The number of halogens is 3. The van der Waals surface area contributed by atoms with E-state index in [1.54, 1.807) is 6.07 Å². The van der Waals surface area contributed by atoms with Crippen molar-refractivity contribution < 1.29 is 9.90 Å². The summed E-state index contributed by atoms with van der Waals surface area (Å²) in [5.41, 5.74) is 5.69. The molecular weight excluding hydrogens is 248 g/mol. The maximum Gasteiger partial charge on any atom is 0.325 e. The minimum absolute atomic E-state index is 0. The van der Waals surface area contributed by atoms with Crippen LogP contribution in [0, 0.1) is 0 Å². The van der Waals surface area contributed by atoms with E-state index in [0.29, 0.717) is 15.6 Å². The van der Waals surface area contributed by atoms with E-state index >= 15 is 0 Å². The van der Waals surface area contributed by atoms with Crippen LogP contribution in [0.4, 0.5) is 0 Å². The van der Waals surface area contributed by atoms with Gasteiger partial charge in [0.1, 0.15) is 6.04 Å². The lowest BCUT2D eigenvalue weighted by molar-refractivity contribution is -0.138. The van der Waals surface area contributed by atoms with E-state index in [0.717, 1.165) is 0 Å². The second-order valence-electron chi connectivity index (χ2n) is 2.48. The van der Waals surface area contributed by atoms with Gasteiger partial charge in [0.25, 0.3) is 0 Å². The summed E-state index contributed by atoms with van der Waals surface area (Å²) in [6.07, 6.45) is 0. The molecule has 14 heavy (non-hydrogen) atoms. The molecule has 0 unspecified atom stereocenters. The van der Waals surface area contributed by atoms with Gasteiger partial charge in [0.2, 0.25) is 0 Å². The molecule has 0 heterocycles. The van der Waals surface area contributed by atoms with Crippen molar-refractivity contribution in [3.63, 3.8) is 0 Å². The van der Waals surface area contributed by atoms with Gasteiger partial charge in [-0.3, -0.25) is 4.79 Å². The fraction of sp³-hybridized carbons (Fsp3) is 0.125. The molecule has 0 saturated heterocycles. The molecule has 0 fully saturated rings. The second kappa shape index (κ2) is 5.41. The van der Waals surface area contributed by atoms with E-state index in [1.165, 1.54) is 12.1 Å². The van der Waals surface area contributed by atoms with Gasteiger partial charge >= 0.3 is 5.97 Å². The van der Waals surface area contributed by atoms with Crippen LogP contribution in [0.2, 0.25) is 10.0 Å². The van der Waals surface area contributed by atoms with Crippen molar-refractivity contribution in [2.75, 3.05) is 0 Å². The van der Waals surface area contributed by atoms with Crippen molar-refractivity contribution >= 4 is 41.6 Å². The van der Waals surface area contributed by atoms with Crippen LogP contribution >= 0.6 is 35.6 Å². The van der Waals surface area contributed by atoms with Gasteiger partial charge < -0.3 is 10.8 Å². The average Bonchev–Trinajstić information content (AvgIpc) is 2.08. The molecule has 1 aromatic rings. The SMILES string of the molecule is Cl.N[C@@H](C(=O)O)c1cc(Cl)ccc1Cl. The highest BCUT2D eigenvalue weighted by Gasteiger charge is 2.17. The van der Waals surface area contributed by atoms with Crippen molar-refractivity contribution in [2.45, 2.75) is 6.04 Å².